The number of nitrogens with zero attached hydrogens (tertiary/aromatic N) is 2. The lowest BCUT2D eigenvalue weighted by molar-refractivity contribution is 0.172. The van der Waals surface area contributed by atoms with Crippen LogP contribution < -0.4 is 15.2 Å². The van der Waals surface area contributed by atoms with Crippen LogP contribution in [0.1, 0.15) is 6.42 Å². The first-order chi connectivity index (χ1) is 11.8. The summed E-state index contributed by atoms with van der Waals surface area (Å²) < 4.78 is 13.4. The smallest absolute Gasteiger partial charge is 0.163 e. The van der Waals surface area contributed by atoms with Crippen LogP contribution >= 0.6 is 0 Å². The van der Waals surface area contributed by atoms with Gasteiger partial charge in [-0.25, -0.2) is 4.98 Å². The lowest BCUT2D eigenvalue weighted by Crippen LogP contribution is -2.15. The maximum Gasteiger partial charge on any atom is 0.163 e. The molecule has 0 saturated carbocycles. The number of imidazole rings is 1. The van der Waals surface area contributed by atoms with Crippen LogP contribution in [-0.2, 0) is 6.54 Å². The maximum atomic E-state index is 9.24. The molecule has 1 aliphatic heterocycles. The molecule has 24 heavy (non-hydrogen) atoms. The lowest BCUT2D eigenvalue weighted by Gasteiger charge is -2.18. The number of aryl methyl sites for hydroxylation is 1. The fourth-order valence-corrected chi connectivity index (χ4v) is 3.01. The number of aliphatic hydroxyl groups is 1. The molecule has 0 saturated heterocycles. The zero-order chi connectivity index (χ0) is 16.5. The Bertz CT molecular complexity index is 889. The zero-order valence-electron chi connectivity index (χ0n) is 13.2. The quantitative estimate of drug-likeness (QED) is 0.720. The third-order valence-corrected chi connectivity index (χ3v) is 4.10. The van der Waals surface area contributed by atoms with E-state index >= 15 is 0 Å². The SMILES string of the molecule is Nc1cccc(-c2nc3cc4c(cc3n2CCCO)OCCO4)c1. The molecular weight excluding hydrogens is 306 g/mol. The molecule has 4 rings (SSSR count). The average molecular weight is 325 g/mol. The number of nitrogen functional groups attached to an aromatic ring is 1. The Kier molecular flexibility index (Phi) is 3.74. The first kappa shape index (κ1) is 14.8. The lowest BCUT2D eigenvalue weighted by atomic mass is 10.2. The highest BCUT2D eigenvalue weighted by molar-refractivity contribution is 5.84. The zero-order valence-corrected chi connectivity index (χ0v) is 13.2. The van der Waals surface area contributed by atoms with Gasteiger partial charge in [-0.2, -0.15) is 0 Å². The largest absolute Gasteiger partial charge is 0.486 e. The molecule has 1 aliphatic rings. The molecule has 3 N–H and O–H groups in total. The highest BCUT2D eigenvalue weighted by Gasteiger charge is 2.18. The average Bonchev–Trinajstić information content (AvgIpc) is 2.95. The summed E-state index contributed by atoms with van der Waals surface area (Å²) in [5, 5.41) is 9.24. The maximum absolute atomic E-state index is 9.24. The van der Waals surface area contributed by atoms with Gasteiger partial charge in [0.25, 0.3) is 0 Å². The summed E-state index contributed by atoms with van der Waals surface area (Å²) in [6.45, 7) is 1.88. The highest BCUT2D eigenvalue weighted by atomic mass is 16.6. The third-order valence-electron chi connectivity index (χ3n) is 4.10. The van der Waals surface area contributed by atoms with Crippen molar-refractivity contribution >= 4 is 16.7 Å². The number of hydrogen-bond donors (Lipinski definition) is 2. The standard InChI is InChI=1S/C18H19N3O3/c19-13-4-1-3-12(9-13)18-20-14-10-16-17(24-8-7-23-16)11-15(14)21(18)5-2-6-22/h1,3-4,9-11,22H,2,5-8,19H2. The van der Waals surface area contributed by atoms with Gasteiger partial charge in [-0.15, -0.1) is 0 Å². The van der Waals surface area contributed by atoms with Gasteiger partial charge in [0.2, 0.25) is 0 Å². The molecule has 0 fully saturated rings. The Morgan fingerprint density at radius 3 is 2.67 bits per heavy atom. The summed E-state index contributed by atoms with van der Waals surface area (Å²) in [6, 6.07) is 11.5. The number of nitrogens with two attached hydrogens (primary N) is 1. The summed E-state index contributed by atoms with van der Waals surface area (Å²) in [7, 11) is 0. The summed E-state index contributed by atoms with van der Waals surface area (Å²) in [5.74, 6) is 2.28. The molecule has 2 heterocycles. The second kappa shape index (κ2) is 6.05. The number of ether oxygens (including phenoxy) is 2. The van der Waals surface area contributed by atoms with Crippen LogP contribution in [0.2, 0.25) is 0 Å². The number of aromatic nitrogens is 2. The van der Waals surface area contributed by atoms with Crippen molar-refractivity contribution in [3.8, 4) is 22.9 Å². The number of benzene rings is 2. The minimum Gasteiger partial charge on any atom is -0.486 e. The van der Waals surface area contributed by atoms with Crippen molar-refractivity contribution in [2.24, 2.45) is 0 Å². The number of fused-ring (bicyclic) bond motifs is 2. The van der Waals surface area contributed by atoms with E-state index in [2.05, 4.69) is 4.57 Å². The number of hydrogen-bond acceptors (Lipinski definition) is 5. The van der Waals surface area contributed by atoms with Gasteiger partial charge in [-0.05, 0) is 18.6 Å². The molecule has 0 spiro atoms. The van der Waals surface area contributed by atoms with Crippen LogP contribution in [0.4, 0.5) is 5.69 Å². The van der Waals surface area contributed by atoms with Gasteiger partial charge < -0.3 is 24.9 Å². The van der Waals surface area contributed by atoms with Crippen molar-refractivity contribution in [1.82, 2.24) is 9.55 Å². The summed E-state index contributed by atoms with van der Waals surface area (Å²) in [5.41, 5.74) is 9.37. The second-order valence-electron chi connectivity index (χ2n) is 5.77. The van der Waals surface area contributed by atoms with Crippen molar-refractivity contribution < 1.29 is 14.6 Å². The monoisotopic (exact) mass is 325 g/mol. The van der Waals surface area contributed by atoms with Crippen LogP contribution in [0, 0.1) is 0 Å². The molecule has 2 aromatic carbocycles. The molecule has 0 unspecified atom stereocenters. The number of aliphatic hydroxyl groups excluding tert-OH is 1. The van der Waals surface area contributed by atoms with Crippen molar-refractivity contribution in [2.45, 2.75) is 13.0 Å². The Morgan fingerprint density at radius 2 is 1.92 bits per heavy atom. The van der Waals surface area contributed by atoms with E-state index in [0.717, 1.165) is 33.9 Å². The summed E-state index contributed by atoms with van der Waals surface area (Å²) in [4.78, 5) is 4.78. The van der Waals surface area contributed by atoms with Crippen molar-refractivity contribution in [1.29, 1.82) is 0 Å². The van der Waals surface area contributed by atoms with E-state index in [0.29, 0.717) is 31.9 Å². The minimum absolute atomic E-state index is 0.126. The van der Waals surface area contributed by atoms with Crippen molar-refractivity contribution in [3.63, 3.8) is 0 Å². The molecule has 6 heteroatoms. The predicted octanol–water partition coefficient (Wildman–Crippen LogP) is 2.44. The van der Waals surface area contributed by atoms with Gasteiger partial charge in [-0.1, -0.05) is 12.1 Å². The van der Waals surface area contributed by atoms with Crippen LogP contribution in [0.5, 0.6) is 11.5 Å². The molecule has 0 radical (unpaired) electrons. The number of rotatable bonds is 4. The van der Waals surface area contributed by atoms with Gasteiger partial charge in [-0.3, -0.25) is 0 Å². The predicted molar refractivity (Wildman–Crippen MR) is 92.3 cm³/mol. The molecule has 0 amide bonds. The molecule has 3 aromatic rings. The molecule has 124 valence electrons. The Morgan fingerprint density at radius 1 is 1.12 bits per heavy atom. The van der Waals surface area contributed by atoms with Crippen LogP contribution in [0.3, 0.4) is 0 Å². The third kappa shape index (κ3) is 2.55. The van der Waals surface area contributed by atoms with E-state index in [1.165, 1.54) is 0 Å². The first-order valence-corrected chi connectivity index (χ1v) is 8.03. The van der Waals surface area contributed by atoms with Crippen molar-refractivity contribution in [2.75, 3.05) is 25.6 Å². The van der Waals surface area contributed by atoms with E-state index in [1.807, 2.05) is 36.4 Å². The van der Waals surface area contributed by atoms with Gasteiger partial charge in [0.1, 0.15) is 19.0 Å². The van der Waals surface area contributed by atoms with E-state index in [4.69, 9.17) is 20.2 Å². The normalized spacial score (nSPS) is 13.4. The van der Waals surface area contributed by atoms with Crippen molar-refractivity contribution in [3.05, 3.63) is 36.4 Å². The molecule has 0 aliphatic carbocycles. The van der Waals surface area contributed by atoms with E-state index < -0.39 is 0 Å². The van der Waals surface area contributed by atoms with Crippen LogP contribution in [0.25, 0.3) is 22.4 Å². The van der Waals surface area contributed by atoms with E-state index in [1.54, 1.807) is 0 Å². The number of anilines is 1. The molecule has 0 atom stereocenters. The van der Waals surface area contributed by atoms with Gasteiger partial charge in [0.15, 0.2) is 11.5 Å². The second-order valence-corrected chi connectivity index (χ2v) is 5.77. The molecule has 6 nitrogen and oxygen atoms in total. The summed E-state index contributed by atoms with van der Waals surface area (Å²) in [6.07, 6.45) is 0.648. The van der Waals surface area contributed by atoms with E-state index in [-0.39, 0.29) is 6.61 Å². The van der Waals surface area contributed by atoms with Gasteiger partial charge in [0, 0.05) is 36.5 Å². The van der Waals surface area contributed by atoms with Gasteiger partial charge in [0.05, 0.1) is 11.0 Å². The molecule has 0 bridgehead atoms. The minimum atomic E-state index is 0.126. The molecular formula is C18H19N3O3. The Labute approximate surface area is 139 Å². The van der Waals surface area contributed by atoms with Gasteiger partial charge >= 0.3 is 0 Å². The van der Waals surface area contributed by atoms with E-state index in [9.17, 15) is 5.11 Å². The van der Waals surface area contributed by atoms with Crippen LogP contribution in [0.15, 0.2) is 36.4 Å². The Hall–Kier alpha value is -2.73. The summed E-state index contributed by atoms with van der Waals surface area (Å²) >= 11 is 0. The van der Waals surface area contributed by atoms with Crippen LogP contribution in [-0.4, -0.2) is 34.5 Å². The Balaban J connectivity index is 1.91. The first-order valence-electron chi connectivity index (χ1n) is 8.03. The fraction of sp³-hybridized carbons (Fsp3) is 0.278. The highest BCUT2D eigenvalue weighted by Crippen LogP contribution is 2.36. The molecule has 1 aromatic heterocycles. The fourth-order valence-electron chi connectivity index (χ4n) is 3.01. The topological polar surface area (TPSA) is 82.5 Å².